The number of nitrogens with one attached hydrogen (secondary N) is 2. The van der Waals surface area contributed by atoms with Gasteiger partial charge in [-0.25, -0.2) is 4.39 Å². The lowest BCUT2D eigenvalue weighted by molar-refractivity contribution is -0.133. The molecule has 1 aromatic carbocycles. The fourth-order valence-electron chi connectivity index (χ4n) is 1.72. The zero-order chi connectivity index (χ0) is 13.1. The molecule has 0 radical (unpaired) electrons. The van der Waals surface area contributed by atoms with Crippen molar-refractivity contribution in [3.05, 3.63) is 29.6 Å². The molecule has 0 saturated carbocycles. The minimum atomic E-state index is -0.634. The van der Waals surface area contributed by atoms with Crippen molar-refractivity contribution in [1.82, 2.24) is 5.32 Å². The van der Waals surface area contributed by atoms with E-state index in [1.807, 2.05) is 6.07 Å². The maximum absolute atomic E-state index is 13.6. The number of halogens is 1. The van der Waals surface area contributed by atoms with Crippen molar-refractivity contribution in [2.24, 2.45) is 0 Å². The van der Waals surface area contributed by atoms with Gasteiger partial charge < -0.3 is 5.32 Å². The van der Waals surface area contributed by atoms with E-state index in [0.29, 0.717) is 6.42 Å². The third kappa shape index (κ3) is 2.46. The van der Waals surface area contributed by atoms with Crippen molar-refractivity contribution in [1.29, 1.82) is 5.26 Å². The van der Waals surface area contributed by atoms with Gasteiger partial charge in [0.1, 0.15) is 11.9 Å². The first-order valence-electron chi connectivity index (χ1n) is 5.40. The Balaban J connectivity index is 2.12. The van der Waals surface area contributed by atoms with Crippen molar-refractivity contribution in [3.8, 4) is 6.07 Å². The molecule has 1 heterocycles. The average molecular weight is 247 g/mol. The summed E-state index contributed by atoms with van der Waals surface area (Å²) in [6.45, 7) is 0. The highest BCUT2D eigenvalue weighted by atomic mass is 19.1. The smallest absolute Gasteiger partial charge is 0.249 e. The molecule has 92 valence electrons. The molecule has 0 aromatic heterocycles. The van der Waals surface area contributed by atoms with Crippen molar-refractivity contribution < 1.29 is 14.0 Å². The maximum Gasteiger partial charge on any atom is 0.249 e. The van der Waals surface area contributed by atoms with Crippen LogP contribution in [0, 0.1) is 17.1 Å². The summed E-state index contributed by atoms with van der Waals surface area (Å²) in [5.41, 5.74) is 0.352. The van der Waals surface area contributed by atoms with Crippen molar-refractivity contribution in [2.45, 2.75) is 18.9 Å². The molecular formula is C12H10FN3O2. The zero-order valence-electron chi connectivity index (χ0n) is 9.37. The topological polar surface area (TPSA) is 82.0 Å². The Morgan fingerprint density at radius 1 is 1.44 bits per heavy atom. The van der Waals surface area contributed by atoms with E-state index < -0.39 is 17.8 Å². The van der Waals surface area contributed by atoms with Crippen molar-refractivity contribution in [2.75, 3.05) is 5.32 Å². The lowest BCUT2D eigenvalue weighted by Gasteiger charge is -2.22. The number of rotatable bonds is 2. The minimum absolute atomic E-state index is 0.142. The van der Waals surface area contributed by atoms with Gasteiger partial charge in [-0.1, -0.05) is 0 Å². The van der Waals surface area contributed by atoms with Gasteiger partial charge in [0, 0.05) is 6.42 Å². The van der Waals surface area contributed by atoms with E-state index in [1.165, 1.54) is 12.1 Å². The van der Waals surface area contributed by atoms with Crippen LogP contribution in [0.15, 0.2) is 18.2 Å². The number of imide groups is 1. The summed E-state index contributed by atoms with van der Waals surface area (Å²) in [5, 5.41) is 13.5. The second-order valence-corrected chi connectivity index (χ2v) is 3.95. The normalized spacial score (nSPS) is 19.0. The van der Waals surface area contributed by atoms with Crippen LogP contribution in [0.2, 0.25) is 0 Å². The predicted molar refractivity (Wildman–Crippen MR) is 60.9 cm³/mol. The number of carbonyl (C=O) groups excluding carboxylic acids is 2. The Morgan fingerprint density at radius 2 is 2.22 bits per heavy atom. The summed E-state index contributed by atoms with van der Waals surface area (Å²) < 4.78 is 13.6. The highest BCUT2D eigenvalue weighted by Gasteiger charge is 2.26. The molecule has 1 aliphatic heterocycles. The number of piperidine rings is 1. The number of carbonyl (C=O) groups is 2. The third-order valence-electron chi connectivity index (χ3n) is 2.67. The average Bonchev–Trinajstić information content (AvgIpc) is 2.34. The van der Waals surface area contributed by atoms with Crippen LogP contribution in [-0.2, 0) is 9.59 Å². The number of hydrogen-bond acceptors (Lipinski definition) is 4. The van der Waals surface area contributed by atoms with Gasteiger partial charge in [-0.3, -0.25) is 14.9 Å². The zero-order valence-corrected chi connectivity index (χ0v) is 9.37. The van der Waals surface area contributed by atoms with Crippen LogP contribution in [0.25, 0.3) is 0 Å². The Bertz CT molecular complexity index is 551. The first-order valence-corrected chi connectivity index (χ1v) is 5.40. The summed E-state index contributed by atoms with van der Waals surface area (Å²) in [5.74, 6) is -1.38. The Hall–Kier alpha value is -2.42. The van der Waals surface area contributed by atoms with E-state index in [0.717, 1.165) is 6.07 Å². The molecule has 0 aliphatic carbocycles. The summed E-state index contributed by atoms with van der Waals surface area (Å²) in [6, 6.07) is 5.13. The number of anilines is 1. The fourth-order valence-corrected chi connectivity index (χ4v) is 1.72. The lowest BCUT2D eigenvalue weighted by Crippen LogP contribution is -2.47. The van der Waals surface area contributed by atoms with Crippen LogP contribution < -0.4 is 10.6 Å². The number of amides is 2. The van der Waals surface area contributed by atoms with Gasteiger partial charge in [-0.15, -0.1) is 0 Å². The molecule has 2 amide bonds. The molecule has 0 spiro atoms. The molecule has 1 atom stereocenters. The molecule has 2 N–H and O–H groups in total. The minimum Gasteiger partial charge on any atom is -0.371 e. The van der Waals surface area contributed by atoms with Crippen LogP contribution in [0.3, 0.4) is 0 Å². The third-order valence-corrected chi connectivity index (χ3v) is 2.67. The van der Waals surface area contributed by atoms with Gasteiger partial charge >= 0.3 is 0 Å². The number of hydrogen-bond donors (Lipinski definition) is 2. The molecule has 1 aromatic rings. The second kappa shape index (κ2) is 4.84. The SMILES string of the molecule is N#Cc1ccc(NC2CCC(=O)NC2=O)c(F)c1. The van der Waals surface area contributed by atoms with Gasteiger partial charge in [0.05, 0.1) is 17.3 Å². The van der Waals surface area contributed by atoms with Crippen molar-refractivity contribution in [3.63, 3.8) is 0 Å². The van der Waals surface area contributed by atoms with E-state index in [-0.39, 0.29) is 23.6 Å². The molecule has 0 bridgehead atoms. The number of nitrogens with zero attached hydrogens (tertiary/aromatic N) is 1. The molecule has 5 nitrogen and oxygen atoms in total. The van der Waals surface area contributed by atoms with Crippen LogP contribution in [-0.4, -0.2) is 17.9 Å². The van der Waals surface area contributed by atoms with Gasteiger partial charge in [0.2, 0.25) is 11.8 Å². The molecule has 1 aliphatic rings. The second-order valence-electron chi connectivity index (χ2n) is 3.95. The van der Waals surface area contributed by atoms with E-state index in [4.69, 9.17) is 5.26 Å². The van der Waals surface area contributed by atoms with Crippen LogP contribution in [0.1, 0.15) is 18.4 Å². The molecule has 6 heteroatoms. The highest BCUT2D eigenvalue weighted by Crippen LogP contribution is 2.18. The van der Waals surface area contributed by atoms with Crippen LogP contribution in [0.4, 0.5) is 10.1 Å². The molecule has 18 heavy (non-hydrogen) atoms. The van der Waals surface area contributed by atoms with Gasteiger partial charge in [-0.05, 0) is 24.6 Å². The molecule has 1 saturated heterocycles. The fraction of sp³-hybridized carbons (Fsp3) is 0.250. The first-order chi connectivity index (χ1) is 8.60. The molecule has 2 rings (SSSR count). The van der Waals surface area contributed by atoms with Crippen LogP contribution in [0.5, 0.6) is 0 Å². The van der Waals surface area contributed by atoms with E-state index in [1.54, 1.807) is 0 Å². The van der Waals surface area contributed by atoms with Gasteiger partial charge in [-0.2, -0.15) is 5.26 Å². The van der Waals surface area contributed by atoms with E-state index in [2.05, 4.69) is 10.6 Å². The maximum atomic E-state index is 13.6. The molecule has 1 fully saturated rings. The highest BCUT2D eigenvalue weighted by molar-refractivity contribution is 6.01. The predicted octanol–water partition coefficient (Wildman–Crippen LogP) is 0.914. The van der Waals surface area contributed by atoms with E-state index in [9.17, 15) is 14.0 Å². The van der Waals surface area contributed by atoms with Crippen molar-refractivity contribution >= 4 is 17.5 Å². The standard InChI is InChI=1S/C12H10FN3O2/c13-8-5-7(6-14)1-2-9(8)15-10-3-4-11(17)16-12(10)18/h1-2,5,10,15H,3-4H2,(H,16,17,18). The molecule has 1 unspecified atom stereocenters. The number of benzene rings is 1. The van der Waals surface area contributed by atoms with Gasteiger partial charge in [0.15, 0.2) is 0 Å². The van der Waals surface area contributed by atoms with Crippen LogP contribution >= 0.6 is 0 Å². The van der Waals surface area contributed by atoms with Gasteiger partial charge in [0.25, 0.3) is 0 Å². The Morgan fingerprint density at radius 3 is 2.83 bits per heavy atom. The number of nitriles is 1. The summed E-state index contributed by atoms with van der Waals surface area (Å²) in [7, 11) is 0. The quantitative estimate of drug-likeness (QED) is 0.761. The first kappa shape index (κ1) is 12.0. The largest absolute Gasteiger partial charge is 0.371 e. The summed E-state index contributed by atoms with van der Waals surface area (Å²) >= 11 is 0. The summed E-state index contributed by atoms with van der Waals surface area (Å²) in [6.07, 6.45) is 0.547. The monoisotopic (exact) mass is 247 g/mol. The Labute approximate surface area is 103 Å². The lowest BCUT2D eigenvalue weighted by atomic mass is 10.1. The Kier molecular flexibility index (Phi) is 3.24. The summed E-state index contributed by atoms with van der Waals surface area (Å²) in [4.78, 5) is 22.4. The van der Waals surface area contributed by atoms with E-state index >= 15 is 0 Å². The molecular weight excluding hydrogens is 237 g/mol.